The molecule has 2 aromatic rings. The number of rotatable bonds is 8. The van der Waals surface area contributed by atoms with Crippen LogP contribution in [0.2, 0.25) is 0 Å². The lowest BCUT2D eigenvalue weighted by atomic mass is 9.99. The van der Waals surface area contributed by atoms with Crippen LogP contribution < -0.4 is 0 Å². The van der Waals surface area contributed by atoms with Gasteiger partial charge in [-0.05, 0) is 30.2 Å². The number of allylic oxidation sites excluding steroid dienone is 1. The number of esters is 1. The number of Topliss-reactive ketones (excluding diaryl/α,β-unsaturated/α-hetero) is 1. The number of carbonyl (C=O) groups excluding carboxylic acids is 3. The summed E-state index contributed by atoms with van der Waals surface area (Å²) in [7, 11) is 0. The number of pyridine rings is 1. The van der Waals surface area contributed by atoms with Gasteiger partial charge in [0.2, 0.25) is 5.12 Å². The topological polar surface area (TPSA) is 73.3 Å². The lowest BCUT2D eigenvalue weighted by molar-refractivity contribution is -0.113. The maximum absolute atomic E-state index is 12.4. The van der Waals surface area contributed by atoms with Crippen LogP contribution in [0, 0.1) is 0 Å². The Morgan fingerprint density at radius 1 is 1.15 bits per heavy atom. The van der Waals surface area contributed by atoms with Gasteiger partial charge in [-0.2, -0.15) is 0 Å². The molecule has 0 aliphatic heterocycles. The first-order chi connectivity index (χ1) is 12.5. The fourth-order valence-electron chi connectivity index (χ4n) is 2.14. The zero-order valence-corrected chi connectivity index (χ0v) is 15.3. The third-order valence-electron chi connectivity index (χ3n) is 3.59. The summed E-state index contributed by atoms with van der Waals surface area (Å²) in [6.07, 6.45) is 3.34. The molecular formula is C20H19NO4S. The molecule has 0 saturated heterocycles. The quantitative estimate of drug-likeness (QED) is 0.403. The van der Waals surface area contributed by atoms with E-state index in [4.69, 9.17) is 4.74 Å². The van der Waals surface area contributed by atoms with E-state index in [1.54, 1.807) is 30.5 Å². The molecule has 0 saturated carbocycles. The number of benzene rings is 1. The minimum absolute atomic E-state index is 0.0952. The van der Waals surface area contributed by atoms with Gasteiger partial charge in [0.05, 0.1) is 5.56 Å². The first kappa shape index (κ1) is 19.6. The normalized spacial score (nSPS) is 10.2. The van der Waals surface area contributed by atoms with Crippen molar-refractivity contribution in [2.75, 3.05) is 12.4 Å². The van der Waals surface area contributed by atoms with Gasteiger partial charge in [-0.15, -0.1) is 0 Å². The third kappa shape index (κ3) is 5.67. The monoisotopic (exact) mass is 369 g/mol. The second kappa shape index (κ2) is 9.68. The summed E-state index contributed by atoms with van der Waals surface area (Å²) in [4.78, 5) is 39.5. The van der Waals surface area contributed by atoms with Crippen LogP contribution in [-0.2, 0) is 16.0 Å². The highest BCUT2D eigenvalue weighted by atomic mass is 32.2. The molecule has 0 N–H and O–H groups in total. The second-order valence-corrected chi connectivity index (χ2v) is 6.57. The van der Waals surface area contributed by atoms with Gasteiger partial charge in [-0.1, -0.05) is 42.6 Å². The third-order valence-corrected chi connectivity index (χ3v) is 4.44. The highest BCUT2D eigenvalue weighted by Crippen LogP contribution is 2.19. The molecule has 1 heterocycles. The molecule has 0 unspecified atom stereocenters. The zero-order chi connectivity index (χ0) is 18.9. The first-order valence-corrected chi connectivity index (χ1v) is 8.98. The second-order valence-electron chi connectivity index (χ2n) is 5.51. The number of carbonyl (C=O) groups is 3. The Balaban J connectivity index is 1.87. The van der Waals surface area contributed by atoms with E-state index in [0.29, 0.717) is 28.9 Å². The summed E-state index contributed by atoms with van der Waals surface area (Å²) in [6.45, 7) is 5.32. The SMILES string of the molecule is C=C(Cc1ccccc1C(=O)SCCOC(=O)c1cccnc1)C(C)=O. The number of hydrogen-bond acceptors (Lipinski definition) is 6. The molecule has 0 radical (unpaired) electrons. The molecule has 0 amide bonds. The van der Waals surface area contributed by atoms with Gasteiger partial charge in [-0.3, -0.25) is 14.6 Å². The Kier molecular flexibility index (Phi) is 7.29. The van der Waals surface area contributed by atoms with Crippen LogP contribution in [0.1, 0.15) is 33.2 Å². The van der Waals surface area contributed by atoms with Crippen molar-refractivity contribution >= 4 is 28.6 Å². The highest BCUT2D eigenvalue weighted by molar-refractivity contribution is 8.14. The molecule has 0 fully saturated rings. The van der Waals surface area contributed by atoms with Crippen molar-refractivity contribution in [2.45, 2.75) is 13.3 Å². The predicted octanol–water partition coefficient (Wildman–Crippen LogP) is 3.50. The molecule has 1 aromatic carbocycles. The van der Waals surface area contributed by atoms with Crippen LogP contribution in [0.5, 0.6) is 0 Å². The predicted molar refractivity (Wildman–Crippen MR) is 101 cm³/mol. The Hall–Kier alpha value is -2.73. The summed E-state index contributed by atoms with van der Waals surface area (Å²) in [5.74, 6) is -0.223. The molecule has 1 aromatic heterocycles. The lowest BCUT2D eigenvalue weighted by Crippen LogP contribution is -2.10. The number of aromatic nitrogens is 1. The van der Waals surface area contributed by atoms with Gasteiger partial charge in [0, 0.05) is 30.1 Å². The molecule has 0 bridgehead atoms. The van der Waals surface area contributed by atoms with Crippen molar-refractivity contribution in [2.24, 2.45) is 0 Å². The first-order valence-electron chi connectivity index (χ1n) is 8.00. The van der Waals surface area contributed by atoms with Gasteiger partial charge in [0.25, 0.3) is 0 Å². The molecule has 134 valence electrons. The molecular weight excluding hydrogens is 350 g/mol. The summed E-state index contributed by atoms with van der Waals surface area (Å²) >= 11 is 1.07. The average molecular weight is 369 g/mol. The van der Waals surface area contributed by atoms with Crippen LogP contribution in [0.4, 0.5) is 0 Å². The van der Waals surface area contributed by atoms with Crippen molar-refractivity contribution in [3.8, 4) is 0 Å². The number of thioether (sulfide) groups is 1. The van der Waals surface area contributed by atoms with Gasteiger partial charge < -0.3 is 4.74 Å². The molecule has 0 aliphatic rings. The average Bonchev–Trinajstić information content (AvgIpc) is 2.65. The van der Waals surface area contributed by atoms with Crippen molar-refractivity contribution < 1.29 is 19.1 Å². The number of hydrogen-bond donors (Lipinski definition) is 0. The number of ether oxygens (including phenoxy) is 1. The van der Waals surface area contributed by atoms with Crippen LogP contribution in [0.25, 0.3) is 0 Å². The fraction of sp³-hybridized carbons (Fsp3) is 0.200. The maximum Gasteiger partial charge on any atom is 0.339 e. The van der Waals surface area contributed by atoms with E-state index in [1.165, 1.54) is 13.1 Å². The molecule has 6 heteroatoms. The minimum Gasteiger partial charge on any atom is -0.461 e. The van der Waals surface area contributed by atoms with E-state index in [2.05, 4.69) is 11.6 Å². The molecule has 5 nitrogen and oxygen atoms in total. The van der Waals surface area contributed by atoms with Gasteiger partial charge in [-0.25, -0.2) is 4.79 Å². The fourth-order valence-corrected chi connectivity index (χ4v) is 2.85. The van der Waals surface area contributed by atoms with Crippen molar-refractivity contribution in [3.05, 3.63) is 77.6 Å². The molecule has 0 aliphatic carbocycles. The van der Waals surface area contributed by atoms with Crippen LogP contribution in [-0.4, -0.2) is 34.2 Å². The van der Waals surface area contributed by atoms with Gasteiger partial charge in [0.1, 0.15) is 6.61 Å². The largest absolute Gasteiger partial charge is 0.461 e. The van der Waals surface area contributed by atoms with Crippen molar-refractivity contribution in [3.63, 3.8) is 0 Å². The lowest BCUT2D eigenvalue weighted by Gasteiger charge is -2.09. The van der Waals surface area contributed by atoms with Crippen molar-refractivity contribution in [1.82, 2.24) is 4.98 Å². The van der Waals surface area contributed by atoms with E-state index in [-0.39, 0.29) is 17.5 Å². The zero-order valence-electron chi connectivity index (χ0n) is 14.4. The summed E-state index contributed by atoms with van der Waals surface area (Å²) < 4.78 is 5.13. The van der Waals surface area contributed by atoms with E-state index in [9.17, 15) is 14.4 Å². The van der Waals surface area contributed by atoms with Crippen molar-refractivity contribution in [1.29, 1.82) is 0 Å². The van der Waals surface area contributed by atoms with E-state index in [0.717, 1.165) is 17.3 Å². The maximum atomic E-state index is 12.4. The van der Waals surface area contributed by atoms with Crippen LogP contribution in [0.15, 0.2) is 60.9 Å². The number of ketones is 1. The van der Waals surface area contributed by atoms with E-state index in [1.807, 2.05) is 12.1 Å². The summed E-state index contributed by atoms with van der Waals surface area (Å²) in [5.41, 5.74) is 2.13. The van der Waals surface area contributed by atoms with Gasteiger partial charge >= 0.3 is 5.97 Å². The summed E-state index contributed by atoms with van der Waals surface area (Å²) in [6, 6.07) is 10.4. The molecule has 0 atom stereocenters. The highest BCUT2D eigenvalue weighted by Gasteiger charge is 2.14. The molecule has 0 spiro atoms. The van der Waals surface area contributed by atoms with E-state index < -0.39 is 5.97 Å². The molecule has 2 rings (SSSR count). The van der Waals surface area contributed by atoms with E-state index >= 15 is 0 Å². The Morgan fingerprint density at radius 2 is 1.92 bits per heavy atom. The summed E-state index contributed by atoms with van der Waals surface area (Å²) in [5, 5.41) is -0.130. The smallest absolute Gasteiger partial charge is 0.339 e. The standard InChI is InChI=1S/C20H19NO4S/c1-14(15(2)22)12-16-6-3-4-8-18(16)20(24)26-11-10-25-19(23)17-7-5-9-21-13-17/h3-9,13H,1,10-12H2,2H3. The Morgan fingerprint density at radius 3 is 2.62 bits per heavy atom. The van der Waals surface area contributed by atoms with Crippen LogP contribution in [0.3, 0.4) is 0 Å². The Bertz CT molecular complexity index is 818. The Labute approximate surface area is 156 Å². The number of nitrogens with zero attached hydrogens (tertiary/aromatic N) is 1. The molecule has 26 heavy (non-hydrogen) atoms. The van der Waals surface area contributed by atoms with Crippen LogP contribution >= 0.6 is 11.8 Å². The van der Waals surface area contributed by atoms with Gasteiger partial charge in [0.15, 0.2) is 5.78 Å². The minimum atomic E-state index is -0.468.